The number of aliphatic imine (C=N–C) groups is 1. The number of rotatable bonds is 3. The van der Waals surface area contributed by atoms with Crippen molar-refractivity contribution in [3.8, 4) is 5.75 Å². The highest BCUT2D eigenvalue weighted by Crippen LogP contribution is 2.33. The molecule has 0 amide bonds. The summed E-state index contributed by atoms with van der Waals surface area (Å²) in [6.07, 6.45) is 3.08. The van der Waals surface area contributed by atoms with Gasteiger partial charge in [0.15, 0.2) is 0 Å². The Balaban J connectivity index is 2.07. The normalized spacial score (nSPS) is 18.3. The topological polar surface area (TPSA) is 39.4 Å². The SMILES string of the molecule is CCC(C)(C)C1Cn2nc3c(OC)cccc3c2C=N1. The van der Waals surface area contributed by atoms with Crippen molar-refractivity contribution in [2.45, 2.75) is 39.8 Å². The molecule has 4 heteroatoms. The molecule has 1 aromatic heterocycles. The Morgan fingerprint density at radius 2 is 2.20 bits per heavy atom. The molecule has 0 radical (unpaired) electrons. The molecular formula is C16H21N3O. The molecule has 1 atom stereocenters. The van der Waals surface area contributed by atoms with Crippen LogP contribution in [0.15, 0.2) is 23.2 Å². The summed E-state index contributed by atoms with van der Waals surface area (Å²) >= 11 is 0. The van der Waals surface area contributed by atoms with Crippen LogP contribution in [0.25, 0.3) is 10.9 Å². The van der Waals surface area contributed by atoms with Crippen LogP contribution < -0.4 is 4.74 Å². The van der Waals surface area contributed by atoms with Gasteiger partial charge in [0.05, 0.1) is 25.4 Å². The first kappa shape index (κ1) is 13.2. The molecule has 0 N–H and O–H groups in total. The number of aromatic nitrogens is 2. The van der Waals surface area contributed by atoms with Gasteiger partial charge < -0.3 is 4.74 Å². The molecule has 106 valence electrons. The maximum Gasteiger partial charge on any atom is 0.146 e. The fourth-order valence-electron chi connectivity index (χ4n) is 2.64. The number of nitrogens with zero attached hydrogens (tertiary/aromatic N) is 3. The Bertz CT molecular complexity index is 670. The maximum atomic E-state index is 5.40. The molecule has 2 aromatic rings. The zero-order chi connectivity index (χ0) is 14.3. The van der Waals surface area contributed by atoms with E-state index in [1.165, 1.54) is 0 Å². The largest absolute Gasteiger partial charge is 0.494 e. The zero-order valence-electron chi connectivity index (χ0n) is 12.6. The first-order chi connectivity index (χ1) is 9.56. The maximum absolute atomic E-state index is 5.40. The van der Waals surface area contributed by atoms with E-state index in [2.05, 4.69) is 31.5 Å². The van der Waals surface area contributed by atoms with Gasteiger partial charge in [-0.05, 0) is 17.9 Å². The highest BCUT2D eigenvalue weighted by Gasteiger charge is 2.31. The third-order valence-corrected chi connectivity index (χ3v) is 4.53. The molecule has 1 aliphatic heterocycles. The van der Waals surface area contributed by atoms with Crippen LogP contribution in [-0.4, -0.2) is 29.1 Å². The molecule has 2 heterocycles. The Hall–Kier alpha value is -1.84. The Morgan fingerprint density at radius 3 is 2.90 bits per heavy atom. The molecule has 0 bridgehead atoms. The van der Waals surface area contributed by atoms with E-state index in [0.29, 0.717) is 0 Å². The molecule has 3 rings (SSSR count). The van der Waals surface area contributed by atoms with E-state index in [0.717, 1.165) is 35.3 Å². The third-order valence-electron chi connectivity index (χ3n) is 4.53. The van der Waals surface area contributed by atoms with Crippen LogP contribution in [0.5, 0.6) is 5.75 Å². The molecule has 1 unspecified atom stereocenters. The van der Waals surface area contributed by atoms with E-state index in [1.807, 2.05) is 18.3 Å². The molecule has 1 aliphatic rings. The predicted octanol–water partition coefficient (Wildman–Crippen LogP) is 3.28. The molecule has 0 spiro atoms. The summed E-state index contributed by atoms with van der Waals surface area (Å²) in [7, 11) is 1.68. The minimum atomic E-state index is 0.191. The van der Waals surface area contributed by atoms with Crippen LogP contribution in [0, 0.1) is 5.41 Å². The van der Waals surface area contributed by atoms with Crippen molar-refractivity contribution in [3.05, 3.63) is 23.9 Å². The van der Waals surface area contributed by atoms with E-state index in [9.17, 15) is 0 Å². The number of benzene rings is 1. The van der Waals surface area contributed by atoms with Crippen LogP contribution in [0.2, 0.25) is 0 Å². The summed E-state index contributed by atoms with van der Waals surface area (Å²) in [6, 6.07) is 6.31. The van der Waals surface area contributed by atoms with Crippen molar-refractivity contribution >= 4 is 17.1 Å². The summed E-state index contributed by atoms with van der Waals surface area (Å²) < 4.78 is 7.47. The lowest BCUT2D eigenvalue weighted by Gasteiger charge is -2.32. The highest BCUT2D eigenvalue weighted by atomic mass is 16.5. The second-order valence-electron chi connectivity index (χ2n) is 6.06. The molecule has 0 saturated heterocycles. The lowest BCUT2D eigenvalue weighted by Crippen LogP contribution is -2.34. The van der Waals surface area contributed by atoms with Crippen molar-refractivity contribution in [3.63, 3.8) is 0 Å². The second-order valence-corrected chi connectivity index (χ2v) is 6.06. The van der Waals surface area contributed by atoms with Gasteiger partial charge in [0.2, 0.25) is 0 Å². The average Bonchev–Trinajstić information content (AvgIpc) is 2.84. The number of hydrogen-bond donors (Lipinski definition) is 0. The molecular weight excluding hydrogens is 250 g/mol. The van der Waals surface area contributed by atoms with Gasteiger partial charge in [0, 0.05) is 11.6 Å². The molecule has 4 nitrogen and oxygen atoms in total. The molecule has 0 fully saturated rings. The van der Waals surface area contributed by atoms with Gasteiger partial charge in [-0.15, -0.1) is 0 Å². The van der Waals surface area contributed by atoms with Gasteiger partial charge in [0.1, 0.15) is 11.3 Å². The van der Waals surface area contributed by atoms with Crippen LogP contribution in [0.1, 0.15) is 32.9 Å². The van der Waals surface area contributed by atoms with E-state index < -0.39 is 0 Å². The third kappa shape index (κ3) is 1.90. The van der Waals surface area contributed by atoms with Gasteiger partial charge in [0.25, 0.3) is 0 Å². The van der Waals surface area contributed by atoms with Gasteiger partial charge in [-0.2, -0.15) is 5.10 Å². The Labute approximate surface area is 119 Å². The minimum absolute atomic E-state index is 0.191. The van der Waals surface area contributed by atoms with Crippen molar-refractivity contribution in [1.29, 1.82) is 0 Å². The number of fused-ring (bicyclic) bond motifs is 3. The van der Waals surface area contributed by atoms with Crippen molar-refractivity contribution in [2.75, 3.05) is 7.11 Å². The van der Waals surface area contributed by atoms with Crippen LogP contribution in [0.4, 0.5) is 0 Å². The first-order valence-corrected chi connectivity index (χ1v) is 7.13. The van der Waals surface area contributed by atoms with Crippen molar-refractivity contribution < 1.29 is 4.74 Å². The van der Waals surface area contributed by atoms with Crippen LogP contribution in [0.3, 0.4) is 0 Å². The van der Waals surface area contributed by atoms with E-state index in [4.69, 9.17) is 14.8 Å². The van der Waals surface area contributed by atoms with E-state index in [1.54, 1.807) is 7.11 Å². The van der Waals surface area contributed by atoms with Gasteiger partial charge in [-0.1, -0.05) is 32.9 Å². The molecule has 0 saturated carbocycles. The fourth-order valence-corrected chi connectivity index (χ4v) is 2.64. The fraction of sp³-hybridized carbons (Fsp3) is 0.500. The van der Waals surface area contributed by atoms with Crippen molar-refractivity contribution in [2.24, 2.45) is 10.4 Å². The standard InChI is InChI=1S/C16H21N3O/c1-5-16(2,3)14-10-19-12(9-17-14)11-7-6-8-13(20-4)15(11)18-19/h6-9,14H,5,10H2,1-4H3. The summed E-state index contributed by atoms with van der Waals surface area (Å²) in [5.41, 5.74) is 2.20. The Morgan fingerprint density at radius 1 is 1.40 bits per heavy atom. The minimum Gasteiger partial charge on any atom is -0.494 e. The smallest absolute Gasteiger partial charge is 0.146 e. The highest BCUT2D eigenvalue weighted by molar-refractivity contribution is 5.99. The first-order valence-electron chi connectivity index (χ1n) is 7.13. The van der Waals surface area contributed by atoms with Crippen LogP contribution >= 0.6 is 0 Å². The number of ether oxygens (including phenoxy) is 1. The quantitative estimate of drug-likeness (QED) is 0.859. The summed E-state index contributed by atoms with van der Waals surface area (Å²) in [5, 5.41) is 5.83. The second kappa shape index (κ2) is 4.62. The van der Waals surface area contributed by atoms with E-state index in [-0.39, 0.29) is 11.5 Å². The molecule has 0 aliphatic carbocycles. The van der Waals surface area contributed by atoms with E-state index >= 15 is 0 Å². The van der Waals surface area contributed by atoms with Crippen molar-refractivity contribution in [1.82, 2.24) is 9.78 Å². The lowest BCUT2D eigenvalue weighted by atomic mass is 9.81. The lowest BCUT2D eigenvalue weighted by molar-refractivity contribution is 0.244. The molecule has 20 heavy (non-hydrogen) atoms. The van der Waals surface area contributed by atoms with Gasteiger partial charge >= 0.3 is 0 Å². The summed E-state index contributed by atoms with van der Waals surface area (Å²) in [6.45, 7) is 7.59. The Kier molecular flexibility index (Phi) is 3.04. The number of hydrogen-bond acceptors (Lipinski definition) is 3. The summed E-state index contributed by atoms with van der Waals surface area (Å²) in [5.74, 6) is 0.823. The zero-order valence-corrected chi connectivity index (χ0v) is 12.6. The predicted molar refractivity (Wildman–Crippen MR) is 81.7 cm³/mol. The summed E-state index contributed by atoms with van der Waals surface area (Å²) in [4.78, 5) is 4.76. The molecule has 1 aromatic carbocycles. The average molecular weight is 271 g/mol. The van der Waals surface area contributed by atoms with Gasteiger partial charge in [-0.25, -0.2) is 0 Å². The number of methoxy groups -OCH3 is 1. The monoisotopic (exact) mass is 271 g/mol. The van der Waals surface area contributed by atoms with Gasteiger partial charge in [-0.3, -0.25) is 9.67 Å². The van der Waals surface area contributed by atoms with Crippen LogP contribution in [-0.2, 0) is 6.54 Å².